The van der Waals surface area contributed by atoms with Crippen LogP contribution >= 0.6 is 0 Å². The second-order valence-corrected chi connectivity index (χ2v) is 6.35. The quantitative estimate of drug-likeness (QED) is 0.392. The fraction of sp³-hybridized carbons (Fsp3) is 1.00. The van der Waals surface area contributed by atoms with Gasteiger partial charge in [-0.15, -0.1) is 0 Å². The highest BCUT2D eigenvalue weighted by Gasteiger charge is 2.59. The minimum Gasteiger partial charge on any atom is -0.377 e. The molecule has 0 aliphatic heterocycles. The van der Waals surface area contributed by atoms with Gasteiger partial charge in [0.2, 0.25) is 0 Å². The van der Waals surface area contributed by atoms with Crippen LogP contribution in [0.1, 0.15) is 6.42 Å². The first-order chi connectivity index (χ1) is 8.14. The van der Waals surface area contributed by atoms with Crippen LogP contribution in [-0.4, -0.2) is 49.0 Å². The molecular weight excluding hydrogens is 283 g/mol. The molecule has 0 bridgehead atoms. The maximum absolute atomic E-state index is 12.4. The average molecular weight is 298 g/mol. The molecule has 0 aromatic carbocycles. The van der Waals surface area contributed by atoms with Crippen LogP contribution < -0.4 is 0 Å². The summed E-state index contributed by atoms with van der Waals surface area (Å²) in [6.45, 7) is -0.780. The highest BCUT2D eigenvalue weighted by molar-refractivity contribution is 6.60. The van der Waals surface area contributed by atoms with E-state index in [-0.39, 0.29) is 12.5 Å². The molecule has 0 radical (unpaired) electrons. The van der Waals surface area contributed by atoms with Gasteiger partial charge in [-0.25, -0.2) is 0 Å². The van der Waals surface area contributed by atoms with Gasteiger partial charge in [-0.3, -0.25) is 0 Å². The predicted molar refractivity (Wildman–Crippen MR) is 53.2 cm³/mol. The smallest absolute Gasteiger partial charge is 0.377 e. The lowest BCUT2D eigenvalue weighted by molar-refractivity contribution is -0.391. The van der Waals surface area contributed by atoms with Gasteiger partial charge in [0.25, 0.3) is 0 Å². The Morgan fingerprint density at radius 1 is 0.889 bits per heavy atom. The van der Waals surface area contributed by atoms with Crippen LogP contribution in [0.5, 0.6) is 0 Å². The Morgan fingerprint density at radius 2 is 1.33 bits per heavy atom. The number of hydrogen-bond acceptors (Lipinski definition) is 4. The molecule has 0 heterocycles. The van der Waals surface area contributed by atoms with Gasteiger partial charge in [-0.05, 0) is 6.42 Å². The molecule has 0 saturated carbocycles. The molecular formula is C8H15F5O4Si. The van der Waals surface area contributed by atoms with E-state index in [1.807, 2.05) is 0 Å². The number of rotatable bonds is 8. The van der Waals surface area contributed by atoms with Crippen molar-refractivity contribution in [2.45, 2.75) is 24.7 Å². The molecule has 0 amide bonds. The molecule has 0 aliphatic rings. The molecule has 0 unspecified atom stereocenters. The van der Waals surface area contributed by atoms with Gasteiger partial charge < -0.3 is 18.0 Å². The Labute approximate surface area is 102 Å². The zero-order valence-electron chi connectivity index (χ0n) is 10.1. The van der Waals surface area contributed by atoms with Crippen LogP contribution in [-0.2, 0) is 18.0 Å². The van der Waals surface area contributed by atoms with E-state index in [9.17, 15) is 22.0 Å². The third-order valence-corrected chi connectivity index (χ3v) is 5.01. The summed E-state index contributed by atoms with van der Waals surface area (Å²) in [5, 5.41) is 0. The van der Waals surface area contributed by atoms with Gasteiger partial charge in [0.05, 0.1) is 6.61 Å². The molecule has 4 nitrogen and oxygen atoms in total. The summed E-state index contributed by atoms with van der Waals surface area (Å²) in [5.41, 5.74) is 0. The molecule has 0 aromatic heterocycles. The van der Waals surface area contributed by atoms with Crippen molar-refractivity contribution in [3.05, 3.63) is 0 Å². The van der Waals surface area contributed by atoms with Crippen molar-refractivity contribution >= 4 is 8.80 Å². The average Bonchev–Trinajstić information content (AvgIpc) is 2.29. The molecule has 0 fully saturated rings. The highest BCUT2D eigenvalue weighted by atomic mass is 28.4. The molecule has 18 heavy (non-hydrogen) atoms. The van der Waals surface area contributed by atoms with Crippen molar-refractivity contribution in [1.29, 1.82) is 0 Å². The van der Waals surface area contributed by atoms with Crippen LogP contribution in [0.2, 0.25) is 6.04 Å². The first-order valence-corrected chi connectivity index (χ1v) is 6.81. The van der Waals surface area contributed by atoms with Crippen LogP contribution in [0.15, 0.2) is 0 Å². The molecule has 0 N–H and O–H groups in total. The van der Waals surface area contributed by atoms with Crippen molar-refractivity contribution in [3.63, 3.8) is 0 Å². The molecule has 0 aliphatic carbocycles. The second kappa shape index (κ2) is 6.75. The fourth-order valence-corrected chi connectivity index (χ4v) is 2.82. The topological polar surface area (TPSA) is 36.9 Å². The molecule has 10 heteroatoms. The zero-order chi connectivity index (χ0) is 14.4. The van der Waals surface area contributed by atoms with Gasteiger partial charge in [0.1, 0.15) is 0 Å². The van der Waals surface area contributed by atoms with Crippen molar-refractivity contribution in [2.24, 2.45) is 0 Å². The number of ether oxygens (including phenoxy) is 1. The van der Waals surface area contributed by atoms with E-state index in [2.05, 4.69) is 4.74 Å². The highest BCUT2D eigenvalue weighted by Crippen LogP contribution is 2.36. The van der Waals surface area contributed by atoms with E-state index in [4.69, 9.17) is 13.3 Å². The second-order valence-electron chi connectivity index (χ2n) is 3.26. The molecule has 0 aromatic rings. The number of halogens is 5. The molecule has 0 atom stereocenters. The van der Waals surface area contributed by atoms with Crippen molar-refractivity contribution in [3.8, 4) is 0 Å². The fourth-order valence-electron chi connectivity index (χ4n) is 1.13. The Hall–Kier alpha value is -0.293. The van der Waals surface area contributed by atoms with E-state index in [1.54, 1.807) is 0 Å². The first kappa shape index (κ1) is 17.7. The van der Waals surface area contributed by atoms with Crippen LogP contribution in [0.4, 0.5) is 22.0 Å². The minimum atomic E-state index is -5.72. The number of alkyl halides is 5. The van der Waals surface area contributed by atoms with Gasteiger partial charge in [-0.1, -0.05) is 0 Å². The molecule has 0 saturated heterocycles. The lowest BCUT2D eigenvalue weighted by Gasteiger charge is -2.25. The van der Waals surface area contributed by atoms with Crippen molar-refractivity contribution in [1.82, 2.24) is 0 Å². The summed E-state index contributed by atoms with van der Waals surface area (Å²) in [5.74, 6) is 0. The van der Waals surface area contributed by atoms with Gasteiger partial charge >= 0.3 is 21.1 Å². The minimum absolute atomic E-state index is 0.0738. The normalized spacial score (nSPS) is 14.0. The molecule has 0 rings (SSSR count). The van der Waals surface area contributed by atoms with E-state index in [0.29, 0.717) is 0 Å². The lowest BCUT2D eigenvalue weighted by Crippen LogP contribution is -2.43. The van der Waals surface area contributed by atoms with Crippen molar-refractivity contribution < 1.29 is 40.0 Å². The number of hydrogen-bond donors (Lipinski definition) is 0. The summed E-state index contributed by atoms with van der Waals surface area (Å²) in [4.78, 5) is 0. The maximum Gasteiger partial charge on any atom is 0.500 e. The van der Waals surface area contributed by atoms with Crippen LogP contribution in [0, 0.1) is 0 Å². The van der Waals surface area contributed by atoms with E-state index in [0.717, 1.165) is 0 Å². The molecule has 110 valence electrons. The zero-order valence-corrected chi connectivity index (χ0v) is 11.1. The van der Waals surface area contributed by atoms with E-state index in [1.165, 1.54) is 21.3 Å². The summed E-state index contributed by atoms with van der Waals surface area (Å²) < 4.78 is 78.4. The predicted octanol–water partition coefficient (Wildman–Crippen LogP) is 2.43. The van der Waals surface area contributed by atoms with Gasteiger partial charge in [0.15, 0.2) is 0 Å². The third kappa shape index (κ3) is 4.76. The Balaban J connectivity index is 4.14. The summed E-state index contributed by atoms with van der Waals surface area (Å²) in [6.07, 6.45) is -11.0. The third-order valence-electron chi connectivity index (χ3n) is 2.17. The SMILES string of the molecule is CO[Si](CCCOC(F)(F)C(F)(F)F)(OC)OC. The standard InChI is InChI=1S/C8H15F5O4Si/c1-14-18(15-2,16-3)6-4-5-17-8(12,13)7(9,10)11/h4-6H2,1-3H3. The monoisotopic (exact) mass is 298 g/mol. The van der Waals surface area contributed by atoms with Gasteiger partial charge in [0, 0.05) is 27.4 Å². The van der Waals surface area contributed by atoms with Gasteiger partial charge in [-0.2, -0.15) is 22.0 Å². The van der Waals surface area contributed by atoms with E-state index < -0.39 is 27.7 Å². The first-order valence-electron chi connectivity index (χ1n) is 4.88. The molecule has 0 spiro atoms. The van der Waals surface area contributed by atoms with Crippen LogP contribution in [0.3, 0.4) is 0 Å². The maximum atomic E-state index is 12.4. The summed E-state index contributed by atoms with van der Waals surface area (Å²) in [6, 6.07) is 0.0738. The Morgan fingerprint density at radius 3 is 1.67 bits per heavy atom. The summed E-state index contributed by atoms with van der Waals surface area (Å²) >= 11 is 0. The Kier molecular flexibility index (Phi) is 6.64. The largest absolute Gasteiger partial charge is 0.500 e. The van der Waals surface area contributed by atoms with E-state index >= 15 is 0 Å². The lowest BCUT2D eigenvalue weighted by atomic mass is 10.5. The Bertz CT molecular complexity index is 232. The van der Waals surface area contributed by atoms with Crippen molar-refractivity contribution in [2.75, 3.05) is 27.9 Å². The summed E-state index contributed by atoms with van der Waals surface area (Å²) in [7, 11) is 0.964. The van der Waals surface area contributed by atoms with Crippen LogP contribution in [0.25, 0.3) is 0 Å².